The van der Waals surface area contributed by atoms with Gasteiger partial charge in [-0.05, 0) is 39.2 Å². The number of hydrogen-bond acceptors (Lipinski definition) is 3. The monoisotopic (exact) mass is 209 g/mol. The van der Waals surface area contributed by atoms with Gasteiger partial charge in [-0.25, -0.2) is 0 Å². The normalized spacial score (nSPS) is 12.7. The highest BCUT2D eigenvalue weighted by molar-refractivity contribution is 5.42. The van der Waals surface area contributed by atoms with Gasteiger partial charge in [-0.15, -0.1) is 0 Å². The summed E-state index contributed by atoms with van der Waals surface area (Å²) in [6.45, 7) is 2.14. The van der Waals surface area contributed by atoms with Crippen LogP contribution >= 0.6 is 0 Å². The molecule has 0 radical (unpaired) electrons. The second-order valence-corrected chi connectivity index (χ2v) is 3.75. The van der Waals surface area contributed by atoms with Gasteiger partial charge in [-0.1, -0.05) is 0 Å². The number of methoxy groups -OCH3 is 2. The molecule has 0 saturated carbocycles. The summed E-state index contributed by atoms with van der Waals surface area (Å²) in [5.41, 5.74) is 1.14. The highest BCUT2D eigenvalue weighted by Crippen LogP contribution is 2.31. The van der Waals surface area contributed by atoms with E-state index in [2.05, 4.69) is 11.8 Å². The van der Waals surface area contributed by atoms with Gasteiger partial charge in [-0.3, -0.25) is 0 Å². The molecule has 0 N–H and O–H groups in total. The third-order valence-electron chi connectivity index (χ3n) is 2.66. The van der Waals surface area contributed by atoms with Crippen LogP contribution in [-0.4, -0.2) is 33.2 Å². The zero-order valence-electron chi connectivity index (χ0n) is 10.1. The molecule has 1 aromatic rings. The van der Waals surface area contributed by atoms with Crippen LogP contribution in [0.3, 0.4) is 0 Å². The maximum Gasteiger partial charge on any atom is 0.123 e. The van der Waals surface area contributed by atoms with Crippen LogP contribution in [0.15, 0.2) is 18.2 Å². The predicted octanol–water partition coefficient (Wildman–Crippen LogP) is 2.33. The Morgan fingerprint density at radius 1 is 1.13 bits per heavy atom. The van der Waals surface area contributed by atoms with E-state index in [0.717, 1.165) is 17.1 Å². The van der Waals surface area contributed by atoms with Gasteiger partial charge in [0.15, 0.2) is 0 Å². The minimum absolute atomic E-state index is 0.301. The summed E-state index contributed by atoms with van der Waals surface area (Å²) in [7, 11) is 7.45. The van der Waals surface area contributed by atoms with Crippen molar-refractivity contribution in [3.8, 4) is 11.5 Å². The van der Waals surface area contributed by atoms with Crippen LogP contribution in [0.4, 0.5) is 0 Å². The first kappa shape index (κ1) is 11.9. The maximum absolute atomic E-state index is 5.33. The third-order valence-corrected chi connectivity index (χ3v) is 2.66. The molecule has 0 fully saturated rings. The second kappa shape index (κ2) is 5.03. The molecule has 3 heteroatoms. The summed E-state index contributed by atoms with van der Waals surface area (Å²) >= 11 is 0. The molecular weight excluding hydrogens is 190 g/mol. The molecule has 0 aliphatic heterocycles. The van der Waals surface area contributed by atoms with Gasteiger partial charge < -0.3 is 14.4 Å². The average Bonchev–Trinajstić information content (AvgIpc) is 2.27. The molecule has 1 aromatic carbocycles. The largest absolute Gasteiger partial charge is 0.497 e. The lowest BCUT2D eigenvalue weighted by Crippen LogP contribution is -2.17. The lowest BCUT2D eigenvalue weighted by atomic mass is 10.1. The van der Waals surface area contributed by atoms with E-state index in [1.807, 2.05) is 32.3 Å². The minimum Gasteiger partial charge on any atom is -0.497 e. The van der Waals surface area contributed by atoms with Crippen molar-refractivity contribution in [1.82, 2.24) is 4.90 Å². The van der Waals surface area contributed by atoms with E-state index in [1.165, 1.54) is 0 Å². The Morgan fingerprint density at radius 2 is 1.80 bits per heavy atom. The fourth-order valence-corrected chi connectivity index (χ4v) is 1.44. The Kier molecular flexibility index (Phi) is 3.97. The van der Waals surface area contributed by atoms with Gasteiger partial charge in [-0.2, -0.15) is 0 Å². The van der Waals surface area contributed by atoms with Crippen molar-refractivity contribution >= 4 is 0 Å². The number of hydrogen-bond donors (Lipinski definition) is 0. The maximum atomic E-state index is 5.33. The van der Waals surface area contributed by atoms with E-state index in [0.29, 0.717) is 6.04 Å². The standard InChI is InChI=1S/C12H19NO2/c1-9(13(2)3)11-8-10(14-4)6-7-12(11)15-5/h6-9H,1-5H3. The molecule has 1 rings (SSSR count). The quantitative estimate of drug-likeness (QED) is 0.759. The summed E-state index contributed by atoms with van der Waals surface area (Å²) in [6, 6.07) is 6.16. The van der Waals surface area contributed by atoms with E-state index in [1.54, 1.807) is 14.2 Å². The first-order chi connectivity index (χ1) is 7.10. The van der Waals surface area contributed by atoms with E-state index >= 15 is 0 Å². The van der Waals surface area contributed by atoms with Crippen LogP contribution in [0, 0.1) is 0 Å². The Labute approximate surface area is 91.6 Å². The van der Waals surface area contributed by atoms with Gasteiger partial charge in [0, 0.05) is 11.6 Å². The Hall–Kier alpha value is -1.22. The van der Waals surface area contributed by atoms with Gasteiger partial charge in [0.25, 0.3) is 0 Å². The molecule has 1 atom stereocenters. The Balaban J connectivity index is 3.11. The molecule has 3 nitrogen and oxygen atoms in total. The van der Waals surface area contributed by atoms with Crippen molar-refractivity contribution in [2.75, 3.05) is 28.3 Å². The molecular formula is C12H19NO2. The van der Waals surface area contributed by atoms with Crippen LogP contribution in [0.25, 0.3) is 0 Å². The molecule has 0 amide bonds. The summed E-state index contributed by atoms with van der Waals surface area (Å²) in [5, 5.41) is 0. The van der Waals surface area contributed by atoms with E-state index in [-0.39, 0.29) is 0 Å². The van der Waals surface area contributed by atoms with Crippen LogP contribution in [-0.2, 0) is 0 Å². The number of rotatable bonds is 4. The molecule has 15 heavy (non-hydrogen) atoms. The highest BCUT2D eigenvalue weighted by Gasteiger charge is 2.14. The van der Waals surface area contributed by atoms with Crippen LogP contribution < -0.4 is 9.47 Å². The van der Waals surface area contributed by atoms with Gasteiger partial charge in [0.05, 0.1) is 14.2 Å². The summed E-state index contributed by atoms with van der Waals surface area (Å²) in [6.07, 6.45) is 0. The topological polar surface area (TPSA) is 21.7 Å². The van der Waals surface area contributed by atoms with Gasteiger partial charge in [0.1, 0.15) is 11.5 Å². The lowest BCUT2D eigenvalue weighted by molar-refractivity contribution is 0.306. The van der Waals surface area contributed by atoms with Crippen molar-refractivity contribution in [2.24, 2.45) is 0 Å². The zero-order valence-corrected chi connectivity index (χ0v) is 10.1. The molecule has 0 aliphatic carbocycles. The van der Waals surface area contributed by atoms with Crippen molar-refractivity contribution in [1.29, 1.82) is 0 Å². The van der Waals surface area contributed by atoms with E-state index in [9.17, 15) is 0 Å². The highest BCUT2D eigenvalue weighted by atomic mass is 16.5. The smallest absolute Gasteiger partial charge is 0.123 e. The SMILES string of the molecule is COc1ccc(OC)c(C(C)N(C)C)c1. The van der Waals surface area contributed by atoms with E-state index < -0.39 is 0 Å². The number of benzene rings is 1. The molecule has 0 spiro atoms. The first-order valence-electron chi connectivity index (χ1n) is 4.98. The van der Waals surface area contributed by atoms with Crippen molar-refractivity contribution in [3.05, 3.63) is 23.8 Å². The predicted molar refractivity (Wildman–Crippen MR) is 61.6 cm³/mol. The van der Waals surface area contributed by atoms with Crippen molar-refractivity contribution < 1.29 is 9.47 Å². The minimum atomic E-state index is 0.301. The molecule has 0 aromatic heterocycles. The van der Waals surface area contributed by atoms with Crippen molar-refractivity contribution in [2.45, 2.75) is 13.0 Å². The molecule has 0 saturated heterocycles. The first-order valence-corrected chi connectivity index (χ1v) is 4.98. The summed E-state index contributed by atoms with van der Waals surface area (Å²) < 4.78 is 10.5. The molecule has 0 bridgehead atoms. The molecule has 0 aliphatic rings. The molecule has 0 heterocycles. The second-order valence-electron chi connectivity index (χ2n) is 3.75. The summed E-state index contributed by atoms with van der Waals surface area (Å²) in [5.74, 6) is 1.76. The van der Waals surface area contributed by atoms with Gasteiger partial charge >= 0.3 is 0 Å². The molecule has 1 unspecified atom stereocenters. The fraction of sp³-hybridized carbons (Fsp3) is 0.500. The van der Waals surface area contributed by atoms with Gasteiger partial charge in [0.2, 0.25) is 0 Å². The average molecular weight is 209 g/mol. The Morgan fingerprint density at radius 3 is 2.27 bits per heavy atom. The van der Waals surface area contributed by atoms with Crippen LogP contribution in [0.2, 0.25) is 0 Å². The third kappa shape index (κ3) is 2.63. The fourth-order valence-electron chi connectivity index (χ4n) is 1.44. The van der Waals surface area contributed by atoms with E-state index in [4.69, 9.17) is 9.47 Å². The number of nitrogens with zero attached hydrogens (tertiary/aromatic N) is 1. The number of ether oxygens (including phenoxy) is 2. The molecule has 84 valence electrons. The Bertz CT molecular complexity index is 323. The van der Waals surface area contributed by atoms with Crippen LogP contribution in [0.1, 0.15) is 18.5 Å². The van der Waals surface area contributed by atoms with Crippen LogP contribution in [0.5, 0.6) is 11.5 Å². The van der Waals surface area contributed by atoms with Crippen molar-refractivity contribution in [3.63, 3.8) is 0 Å². The lowest BCUT2D eigenvalue weighted by Gasteiger charge is -2.22. The summed E-state index contributed by atoms with van der Waals surface area (Å²) in [4.78, 5) is 2.14. The zero-order chi connectivity index (χ0) is 11.4.